The lowest BCUT2D eigenvalue weighted by atomic mass is 10.0. The van der Waals surface area contributed by atoms with E-state index < -0.39 is 0 Å². The summed E-state index contributed by atoms with van der Waals surface area (Å²) in [5, 5.41) is 0. The second-order valence-electron chi connectivity index (χ2n) is 5.82. The molecule has 2 rings (SSSR count). The molecule has 0 bridgehead atoms. The maximum absolute atomic E-state index is 12.3. The minimum atomic E-state index is 0.289. The SMILES string of the molecule is COCCCCCC(=O)N1CCc2ccc(OC)cc2CC1. The lowest BCUT2D eigenvalue weighted by Gasteiger charge is -2.20. The van der Waals surface area contributed by atoms with Crippen molar-refractivity contribution in [1.29, 1.82) is 0 Å². The zero-order valence-electron chi connectivity index (χ0n) is 13.8. The van der Waals surface area contributed by atoms with Crippen LogP contribution < -0.4 is 4.74 Å². The average molecular weight is 305 g/mol. The number of carbonyl (C=O) groups is 1. The number of carbonyl (C=O) groups excluding carboxylic acids is 1. The summed E-state index contributed by atoms with van der Waals surface area (Å²) in [5.41, 5.74) is 2.66. The van der Waals surface area contributed by atoms with E-state index in [0.29, 0.717) is 6.42 Å². The molecule has 4 nitrogen and oxygen atoms in total. The van der Waals surface area contributed by atoms with Gasteiger partial charge in [-0.25, -0.2) is 0 Å². The van der Waals surface area contributed by atoms with Crippen LogP contribution in [-0.2, 0) is 22.4 Å². The molecule has 1 heterocycles. The second kappa shape index (κ2) is 8.79. The third-order valence-electron chi connectivity index (χ3n) is 4.31. The fraction of sp³-hybridized carbons (Fsp3) is 0.611. The fourth-order valence-corrected chi connectivity index (χ4v) is 2.94. The van der Waals surface area contributed by atoms with Gasteiger partial charge in [-0.15, -0.1) is 0 Å². The molecule has 1 aliphatic heterocycles. The van der Waals surface area contributed by atoms with Crippen LogP contribution in [0.4, 0.5) is 0 Å². The number of hydrogen-bond donors (Lipinski definition) is 0. The molecule has 0 unspecified atom stereocenters. The first-order valence-electron chi connectivity index (χ1n) is 8.17. The van der Waals surface area contributed by atoms with Gasteiger partial charge in [-0.05, 0) is 48.9 Å². The summed E-state index contributed by atoms with van der Waals surface area (Å²) < 4.78 is 10.3. The molecule has 0 N–H and O–H groups in total. The molecule has 22 heavy (non-hydrogen) atoms. The summed E-state index contributed by atoms with van der Waals surface area (Å²) >= 11 is 0. The lowest BCUT2D eigenvalue weighted by Crippen LogP contribution is -2.33. The molecule has 1 aromatic rings. The van der Waals surface area contributed by atoms with Crippen LogP contribution >= 0.6 is 0 Å². The van der Waals surface area contributed by atoms with Gasteiger partial charge in [-0.2, -0.15) is 0 Å². The van der Waals surface area contributed by atoms with E-state index in [1.165, 1.54) is 11.1 Å². The number of ether oxygens (including phenoxy) is 2. The lowest BCUT2D eigenvalue weighted by molar-refractivity contribution is -0.131. The Labute approximate surface area is 133 Å². The number of hydrogen-bond acceptors (Lipinski definition) is 3. The van der Waals surface area contributed by atoms with Gasteiger partial charge >= 0.3 is 0 Å². The van der Waals surface area contributed by atoms with Crippen LogP contribution in [0.3, 0.4) is 0 Å². The summed E-state index contributed by atoms with van der Waals surface area (Å²) in [7, 11) is 3.41. The van der Waals surface area contributed by atoms with Gasteiger partial charge in [0, 0.05) is 33.2 Å². The molecule has 0 atom stereocenters. The Kier molecular flexibility index (Phi) is 6.72. The Balaban J connectivity index is 1.82. The number of fused-ring (bicyclic) bond motifs is 1. The highest BCUT2D eigenvalue weighted by Gasteiger charge is 2.18. The normalized spacial score (nSPS) is 14.4. The maximum Gasteiger partial charge on any atom is 0.222 e. The minimum absolute atomic E-state index is 0.289. The van der Waals surface area contributed by atoms with Gasteiger partial charge in [0.15, 0.2) is 0 Å². The summed E-state index contributed by atoms with van der Waals surface area (Å²) in [6.07, 6.45) is 5.57. The van der Waals surface area contributed by atoms with E-state index in [9.17, 15) is 4.79 Å². The summed E-state index contributed by atoms with van der Waals surface area (Å²) in [6.45, 7) is 2.43. The van der Waals surface area contributed by atoms with Crippen LogP contribution in [0.25, 0.3) is 0 Å². The van der Waals surface area contributed by atoms with E-state index in [0.717, 1.165) is 57.6 Å². The summed E-state index contributed by atoms with van der Waals surface area (Å²) in [6, 6.07) is 6.24. The van der Waals surface area contributed by atoms with Crippen molar-refractivity contribution in [3.05, 3.63) is 29.3 Å². The zero-order valence-corrected chi connectivity index (χ0v) is 13.8. The topological polar surface area (TPSA) is 38.8 Å². The molecule has 1 aliphatic rings. The second-order valence-corrected chi connectivity index (χ2v) is 5.82. The quantitative estimate of drug-likeness (QED) is 0.727. The van der Waals surface area contributed by atoms with Crippen LogP contribution in [0, 0.1) is 0 Å². The van der Waals surface area contributed by atoms with Crippen molar-refractivity contribution in [2.75, 3.05) is 33.9 Å². The Bertz CT molecular complexity index is 487. The highest BCUT2D eigenvalue weighted by molar-refractivity contribution is 5.76. The predicted octanol–water partition coefficient (Wildman–Crippen LogP) is 2.83. The van der Waals surface area contributed by atoms with Crippen molar-refractivity contribution < 1.29 is 14.3 Å². The van der Waals surface area contributed by atoms with E-state index >= 15 is 0 Å². The molecule has 4 heteroatoms. The standard InChI is InChI=1S/C18H27NO3/c1-21-13-5-3-4-6-18(20)19-11-9-15-7-8-17(22-2)14-16(15)10-12-19/h7-8,14H,3-6,9-13H2,1-2H3. The molecule has 0 radical (unpaired) electrons. The maximum atomic E-state index is 12.3. The fourth-order valence-electron chi connectivity index (χ4n) is 2.94. The third-order valence-corrected chi connectivity index (χ3v) is 4.31. The largest absolute Gasteiger partial charge is 0.497 e. The molecule has 0 spiro atoms. The van der Waals surface area contributed by atoms with E-state index in [4.69, 9.17) is 9.47 Å². The molecule has 0 saturated heterocycles. The Morgan fingerprint density at radius 2 is 1.86 bits per heavy atom. The molecule has 1 aromatic carbocycles. The highest BCUT2D eigenvalue weighted by atomic mass is 16.5. The third kappa shape index (κ3) is 4.73. The van der Waals surface area contributed by atoms with Crippen LogP contribution in [0.1, 0.15) is 36.8 Å². The highest BCUT2D eigenvalue weighted by Crippen LogP contribution is 2.22. The van der Waals surface area contributed by atoms with E-state index in [2.05, 4.69) is 12.1 Å². The van der Waals surface area contributed by atoms with Gasteiger partial charge in [0.25, 0.3) is 0 Å². The van der Waals surface area contributed by atoms with Crippen molar-refractivity contribution >= 4 is 5.91 Å². The molecule has 0 fully saturated rings. The van der Waals surface area contributed by atoms with E-state index in [-0.39, 0.29) is 5.91 Å². The van der Waals surface area contributed by atoms with Crippen LogP contribution in [0.2, 0.25) is 0 Å². The van der Waals surface area contributed by atoms with Gasteiger partial charge in [-0.3, -0.25) is 4.79 Å². The van der Waals surface area contributed by atoms with Crippen molar-refractivity contribution in [3.63, 3.8) is 0 Å². The van der Waals surface area contributed by atoms with E-state index in [1.807, 2.05) is 11.0 Å². The first-order valence-corrected chi connectivity index (χ1v) is 8.17. The molecule has 1 amide bonds. The van der Waals surface area contributed by atoms with Gasteiger partial charge in [0.05, 0.1) is 7.11 Å². The van der Waals surface area contributed by atoms with Crippen molar-refractivity contribution in [3.8, 4) is 5.75 Å². The summed E-state index contributed by atoms with van der Waals surface area (Å²) in [5.74, 6) is 1.19. The van der Waals surface area contributed by atoms with Gasteiger partial charge in [0.2, 0.25) is 5.91 Å². The minimum Gasteiger partial charge on any atom is -0.497 e. The van der Waals surface area contributed by atoms with E-state index in [1.54, 1.807) is 14.2 Å². The Morgan fingerprint density at radius 3 is 2.59 bits per heavy atom. The van der Waals surface area contributed by atoms with Crippen molar-refractivity contribution in [1.82, 2.24) is 4.90 Å². The number of rotatable bonds is 7. The average Bonchev–Trinajstić information content (AvgIpc) is 2.76. The van der Waals surface area contributed by atoms with Crippen molar-refractivity contribution in [2.45, 2.75) is 38.5 Å². The Morgan fingerprint density at radius 1 is 1.09 bits per heavy atom. The number of unbranched alkanes of at least 4 members (excludes halogenated alkanes) is 2. The molecule has 0 aromatic heterocycles. The Hall–Kier alpha value is -1.55. The van der Waals surface area contributed by atoms with Crippen LogP contribution in [0.5, 0.6) is 5.75 Å². The number of amides is 1. The predicted molar refractivity (Wildman–Crippen MR) is 87.3 cm³/mol. The van der Waals surface area contributed by atoms with Gasteiger partial charge in [0.1, 0.15) is 5.75 Å². The number of benzene rings is 1. The zero-order chi connectivity index (χ0) is 15.8. The molecule has 122 valence electrons. The van der Waals surface area contributed by atoms with Crippen LogP contribution in [-0.4, -0.2) is 44.7 Å². The van der Waals surface area contributed by atoms with Gasteiger partial charge in [-0.1, -0.05) is 12.5 Å². The van der Waals surface area contributed by atoms with Crippen molar-refractivity contribution in [2.24, 2.45) is 0 Å². The van der Waals surface area contributed by atoms with Gasteiger partial charge < -0.3 is 14.4 Å². The molecular formula is C18H27NO3. The molecule has 0 aliphatic carbocycles. The molecule has 0 saturated carbocycles. The van der Waals surface area contributed by atoms with Crippen LogP contribution in [0.15, 0.2) is 18.2 Å². The first kappa shape index (κ1) is 16.8. The monoisotopic (exact) mass is 305 g/mol. The summed E-state index contributed by atoms with van der Waals surface area (Å²) in [4.78, 5) is 14.3. The first-order chi connectivity index (χ1) is 10.7. The molecular weight excluding hydrogens is 278 g/mol. The number of methoxy groups -OCH3 is 2. The smallest absolute Gasteiger partial charge is 0.222 e. The number of nitrogens with zero attached hydrogens (tertiary/aromatic N) is 1.